The van der Waals surface area contributed by atoms with E-state index < -0.39 is 0 Å². The van der Waals surface area contributed by atoms with Gasteiger partial charge in [0.2, 0.25) is 0 Å². The van der Waals surface area contributed by atoms with Crippen molar-refractivity contribution in [1.82, 2.24) is 10.5 Å². The molecule has 21 heavy (non-hydrogen) atoms. The SMILES string of the molecule is CCCCCC(CCCCC)NC(C)c1c(C)noc1C. The van der Waals surface area contributed by atoms with E-state index in [9.17, 15) is 0 Å². The van der Waals surface area contributed by atoms with Crippen LogP contribution < -0.4 is 5.32 Å². The zero-order chi connectivity index (χ0) is 15.7. The van der Waals surface area contributed by atoms with Crippen LogP contribution in [0.1, 0.15) is 95.2 Å². The van der Waals surface area contributed by atoms with Gasteiger partial charge in [-0.1, -0.05) is 57.5 Å². The lowest BCUT2D eigenvalue weighted by molar-refractivity contribution is 0.374. The molecule has 0 saturated carbocycles. The molecule has 0 aliphatic rings. The molecule has 0 bridgehead atoms. The maximum Gasteiger partial charge on any atom is 0.138 e. The fourth-order valence-corrected chi connectivity index (χ4v) is 3.14. The van der Waals surface area contributed by atoms with Gasteiger partial charge in [-0.2, -0.15) is 0 Å². The molecule has 0 fully saturated rings. The van der Waals surface area contributed by atoms with Crippen molar-refractivity contribution in [2.75, 3.05) is 0 Å². The van der Waals surface area contributed by atoms with Crippen LogP contribution in [-0.2, 0) is 0 Å². The van der Waals surface area contributed by atoms with Crippen molar-refractivity contribution in [3.63, 3.8) is 0 Å². The highest BCUT2D eigenvalue weighted by molar-refractivity contribution is 5.24. The highest BCUT2D eigenvalue weighted by Gasteiger charge is 2.19. The van der Waals surface area contributed by atoms with Gasteiger partial charge in [-0.3, -0.25) is 0 Å². The molecule has 0 spiro atoms. The summed E-state index contributed by atoms with van der Waals surface area (Å²) in [4.78, 5) is 0. The molecule has 0 aliphatic heterocycles. The molecule has 1 aromatic heterocycles. The zero-order valence-electron chi connectivity index (χ0n) is 14.7. The Hall–Kier alpha value is -0.830. The predicted octanol–water partition coefficient (Wildman–Crippen LogP) is 5.47. The first kappa shape index (κ1) is 18.2. The molecule has 3 nitrogen and oxygen atoms in total. The van der Waals surface area contributed by atoms with E-state index in [0.717, 1.165) is 11.5 Å². The summed E-state index contributed by atoms with van der Waals surface area (Å²) >= 11 is 0. The maximum absolute atomic E-state index is 5.31. The van der Waals surface area contributed by atoms with Gasteiger partial charge in [0.05, 0.1) is 5.69 Å². The standard InChI is InChI=1S/C18H34N2O/c1-6-8-10-12-17(13-11-9-7-2)19-14(3)18-15(4)20-21-16(18)5/h14,17,19H,6-13H2,1-5H3. The third-order valence-corrected chi connectivity index (χ3v) is 4.32. The molecular weight excluding hydrogens is 260 g/mol. The lowest BCUT2D eigenvalue weighted by Gasteiger charge is -2.23. The number of unbranched alkanes of at least 4 members (excludes halogenated alkanes) is 4. The van der Waals surface area contributed by atoms with Gasteiger partial charge in [-0.05, 0) is 33.6 Å². The van der Waals surface area contributed by atoms with E-state index in [1.807, 2.05) is 13.8 Å². The van der Waals surface area contributed by atoms with Crippen molar-refractivity contribution in [2.45, 2.75) is 98.1 Å². The van der Waals surface area contributed by atoms with Crippen molar-refractivity contribution in [1.29, 1.82) is 0 Å². The molecule has 0 aromatic carbocycles. The molecule has 122 valence electrons. The van der Waals surface area contributed by atoms with Gasteiger partial charge in [0, 0.05) is 17.6 Å². The Kier molecular flexibility index (Phi) is 8.67. The van der Waals surface area contributed by atoms with Gasteiger partial charge in [-0.15, -0.1) is 0 Å². The molecule has 3 heteroatoms. The van der Waals surface area contributed by atoms with Gasteiger partial charge < -0.3 is 9.84 Å². The lowest BCUT2D eigenvalue weighted by Crippen LogP contribution is -2.32. The normalized spacial score (nSPS) is 13.0. The number of rotatable bonds is 11. The van der Waals surface area contributed by atoms with E-state index in [4.69, 9.17) is 4.52 Å². The number of hydrogen-bond donors (Lipinski definition) is 1. The van der Waals surface area contributed by atoms with Gasteiger partial charge in [0.1, 0.15) is 5.76 Å². The molecular formula is C18H34N2O. The van der Waals surface area contributed by atoms with Gasteiger partial charge in [0.25, 0.3) is 0 Å². The summed E-state index contributed by atoms with van der Waals surface area (Å²) in [5.41, 5.74) is 2.26. The Morgan fingerprint density at radius 3 is 2.00 bits per heavy atom. The summed E-state index contributed by atoms with van der Waals surface area (Å²) in [6, 6.07) is 0.941. The fraction of sp³-hybridized carbons (Fsp3) is 0.833. The van der Waals surface area contributed by atoms with Crippen molar-refractivity contribution in [3.8, 4) is 0 Å². The summed E-state index contributed by atoms with van der Waals surface area (Å²) < 4.78 is 5.31. The first-order chi connectivity index (χ1) is 10.1. The minimum Gasteiger partial charge on any atom is -0.361 e. The van der Waals surface area contributed by atoms with Gasteiger partial charge in [0.15, 0.2) is 0 Å². The Morgan fingerprint density at radius 2 is 1.57 bits per heavy atom. The molecule has 0 radical (unpaired) electrons. The van der Waals surface area contributed by atoms with Crippen molar-refractivity contribution in [2.24, 2.45) is 0 Å². The van der Waals surface area contributed by atoms with Crippen LogP contribution in [0, 0.1) is 13.8 Å². The van der Waals surface area contributed by atoms with Crippen molar-refractivity contribution < 1.29 is 4.52 Å². The Labute approximate surface area is 130 Å². The molecule has 0 aliphatic carbocycles. The van der Waals surface area contributed by atoms with Gasteiger partial charge in [-0.25, -0.2) is 0 Å². The van der Waals surface area contributed by atoms with E-state index >= 15 is 0 Å². The molecule has 1 atom stereocenters. The number of aryl methyl sites for hydroxylation is 2. The van der Waals surface area contributed by atoms with Crippen LogP contribution in [0.25, 0.3) is 0 Å². The Balaban J connectivity index is 2.56. The second-order valence-electron chi connectivity index (χ2n) is 6.31. The van der Waals surface area contributed by atoms with E-state index in [-0.39, 0.29) is 0 Å². The topological polar surface area (TPSA) is 38.1 Å². The van der Waals surface area contributed by atoms with Crippen molar-refractivity contribution >= 4 is 0 Å². The van der Waals surface area contributed by atoms with E-state index in [1.165, 1.54) is 56.9 Å². The highest BCUT2D eigenvalue weighted by Crippen LogP contribution is 2.23. The van der Waals surface area contributed by atoms with Crippen LogP contribution in [0.5, 0.6) is 0 Å². The van der Waals surface area contributed by atoms with E-state index in [1.54, 1.807) is 0 Å². The van der Waals surface area contributed by atoms with Crippen LogP contribution in [0.4, 0.5) is 0 Å². The fourth-order valence-electron chi connectivity index (χ4n) is 3.14. The van der Waals surface area contributed by atoms with Crippen LogP contribution >= 0.6 is 0 Å². The number of nitrogens with one attached hydrogen (secondary N) is 1. The number of hydrogen-bond acceptors (Lipinski definition) is 3. The number of aromatic nitrogens is 1. The average molecular weight is 294 g/mol. The van der Waals surface area contributed by atoms with E-state index in [2.05, 4.69) is 31.2 Å². The maximum atomic E-state index is 5.31. The molecule has 1 rings (SSSR count). The first-order valence-corrected chi connectivity index (χ1v) is 8.78. The van der Waals surface area contributed by atoms with E-state index in [0.29, 0.717) is 12.1 Å². The monoisotopic (exact) mass is 294 g/mol. The Morgan fingerprint density at radius 1 is 1.00 bits per heavy atom. The predicted molar refractivity (Wildman–Crippen MR) is 89.6 cm³/mol. The van der Waals surface area contributed by atoms with Crippen LogP contribution in [0.3, 0.4) is 0 Å². The minimum absolute atomic E-state index is 0.324. The Bertz CT molecular complexity index is 357. The summed E-state index contributed by atoms with van der Waals surface area (Å²) in [6.07, 6.45) is 10.5. The second kappa shape index (κ2) is 9.99. The summed E-state index contributed by atoms with van der Waals surface area (Å²) in [5, 5.41) is 7.90. The quantitative estimate of drug-likeness (QED) is 0.550. The first-order valence-electron chi connectivity index (χ1n) is 8.78. The van der Waals surface area contributed by atoms with Gasteiger partial charge >= 0.3 is 0 Å². The summed E-state index contributed by atoms with van der Waals surface area (Å²) in [6.45, 7) is 10.8. The zero-order valence-corrected chi connectivity index (χ0v) is 14.7. The molecule has 1 N–H and O–H groups in total. The minimum atomic E-state index is 0.324. The second-order valence-corrected chi connectivity index (χ2v) is 6.31. The third-order valence-electron chi connectivity index (χ3n) is 4.32. The molecule has 1 unspecified atom stereocenters. The van der Waals surface area contributed by atoms with Crippen LogP contribution in [-0.4, -0.2) is 11.2 Å². The van der Waals surface area contributed by atoms with Crippen LogP contribution in [0.2, 0.25) is 0 Å². The molecule has 0 saturated heterocycles. The highest BCUT2D eigenvalue weighted by atomic mass is 16.5. The largest absolute Gasteiger partial charge is 0.361 e. The smallest absolute Gasteiger partial charge is 0.138 e. The molecule has 1 aromatic rings. The summed E-state index contributed by atoms with van der Waals surface area (Å²) in [5.74, 6) is 0.952. The lowest BCUT2D eigenvalue weighted by atomic mass is 9.99. The average Bonchev–Trinajstić information content (AvgIpc) is 2.78. The number of nitrogens with zero attached hydrogens (tertiary/aromatic N) is 1. The summed E-state index contributed by atoms with van der Waals surface area (Å²) in [7, 11) is 0. The van der Waals surface area contributed by atoms with Crippen LogP contribution in [0.15, 0.2) is 4.52 Å². The van der Waals surface area contributed by atoms with Crippen molar-refractivity contribution in [3.05, 3.63) is 17.0 Å². The molecule has 1 heterocycles. The third kappa shape index (κ3) is 6.21. The molecule has 0 amide bonds.